The minimum absolute atomic E-state index is 0.136. The molecule has 0 aliphatic heterocycles. The van der Waals surface area contributed by atoms with Crippen molar-refractivity contribution in [1.29, 1.82) is 0 Å². The van der Waals surface area contributed by atoms with Gasteiger partial charge in [-0.2, -0.15) is 0 Å². The van der Waals surface area contributed by atoms with E-state index >= 15 is 0 Å². The quantitative estimate of drug-likeness (QED) is 0.828. The Kier molecular flexibility index (Phi) is 4.47. The molecule has 6 heteroatoms. The van der Waals surface area contributed by atoms with Crippen LogP contribution in [0.2, 0.25) is 0 Å². The molecule has 0 bridgehead atoms. The summed E-state index contributed by atoms with van der Waals surface area (Å²) in [6.07, 6.45) is 0. The van der Waals surface area contributed by atoms with Gasteiger partial charge in [-0.1, -0.05) is 28.1 Å². The molecule has 0 aliphatic rings. The predicted octanol–water partition coefficient (Wildman–Crippen LogP) is 2.66. The largest absolute Gasteiger partial charge is 0.272 e. The Hall–Kier alpha value is -2.21. The summed E-state index contributed by atoms with van der Waals surface area (Å²) in [6.45, 7) is 0. The summed E-state index contributed by atoms with van der Waals surface area (Å²) in [5.41, 5.74) is 4.63. The lowest BCUT2D eigenvalue weighted by Gasteiger charge is -2.08. The summed E-state index contributed by atoms with van der Waals surface area (Å²) in [5.74, 6) is -1.85. The van der Waals surface area contributed by atoms with Crippen LogP contribution in [-0.2, 0) is 0 Å². The lowest BCUT2D eigenvalue weighted by atomic mass is 10.2. The molecule has 0 radical (unpaired) electrons. The third-order valence-corrected chi connectivity index (χ3v) is 3.04. The number of hydrogen-bond donors (Lipinski definition) is 2. The number of nitrogens with one attached hydrogen (secondary N) is 2. The van der Waals surface area contributed by atoms with Gasteiger partial charge in [0.2, 0.25) is 0 Å². The van der Waals surface area contributed by atoms with E-state index in [9.17, 15) is 14.0 Å². The fourth-order valence-corrected chi connectivity index (χ4v) is 1.76. The molecule has 4 nitrogen and oxygen atoms in total. The van der Waals surface area contributed by atoms with E-state index in [2.05, 4.69) is 26.8 Å². The Labute approximate surface area is 123 Å². The minimum Gasteiger partial charge on any atom is -0.267 e. The molecule has 2 N–H and O–H groups in total. The number of carbonyl (C=O) groups is 2. The number of amides is 2. The zero-order valence-electron chi connectivity index (χ0n) is 10.2. The van der Waals surface area contributed by atoms with Crippen LogP contribution in [0.4, 0.5) is 4.39 Å². The van der Waals surface area contributed by atoms with Gasteiger partial charge in [0.1, 0.15) is 5.82 Å². The van der Waals surface area contributed by atoms with Crippen LogP contribution in [0.5, 0.6) is 0 Å². The van der Waals surface area contributed by atoms with Gasteiger partial charge < -0.3 is 0 Å². The van der Waals surface area contributed by atoms with Crippen molar-refractivity contribution < 1.29 is 14.0 Å². The van der Waals surface area contributed by atoms with Crippen LogP contribution >= 0.6 is 15.9 Å². The number of carbonyl (C=O) groups excluding carboxylic acids is 2. The van der Waals surface area contributed by atoms with Crippen molar-refractivity contribution >= 4 is 27.7 Å². The first-order valence-electron chi connectivity index (χ1n) is 5.68. The van der Waals surface area contributed by atoms with E-state index < -0.39 is 17.6 Å². The van der Waals surface area contributed by atoms with Crippen LogP contribution in [0.15, 0.2) is 53.0 Å². The van der Waals surface area contributed by atoms with Crippen molar-refractivity contribution in [2.24, 2.45) is 0 Å². The van der Waals surface area contributed by atoms with E-state index in [0.717, 1.165) is 4.47 Å². The maximum Gasteiger partial charge on any atom is 0.272 e. The van der Waals surface area contributed by atoms with Crippen LogP contribution in [0, 0.1) is 5.82 Å². The van der Waals surface area contributed by atoms with E-state index in [0.29, 0.717) is 5.56 Å². The Morgan fingerprint density at radius 2 is 1.50 bits per heavy atom. The van der Waals surface area contributed by atoms with Crippen LogP contribution in [0.1, 0.15) is 20.7 Å². The smallest absolute Gasteiger partial charge is 0.267 e. The summed E-state index contributed by atoms with van der Waals surface area (Å²) in [7, 11) is 0. The topological polar surface area (TPSA) is 58.2 Å². The van der Waals surface area contributed by atoms with E-state index in [1.807, 2.05) is 0 Å². The zero-order chi connectivity index (χ0) is 14.5. The summed E-state index contributed by atoms with van der Waals surface area (Å²) in [4.78, 5) is 23.4. The SMILES string of the molecule is O=C(NNC(=O)c1ccccc1F)c1ccc(Br)cc1. The minimum atomic E-state index is -0.714. The summed E-state index contributed by atoms with van der Waals surface area (Å²) >= 11 is 3.25. The first kappa shape index (κ1) is 14.2. The molecule has 20 heavy (non-hydrogen) atoms. The highest BCUT2D eigenvalue weighted by Crippen LogP contribution is 2.10. The highest BCUT2D eigenvalue weighted by atomic mass is 79.9. The molecule has 2 amide bonds. The van der Waals surface area contributed by atoms with Gasteiger partial charge in [-0.3, -0.25) is 20.4 Å². The molecule has 2 rings (SSSR count). The standard InChI is InChI=1S/C14H10BrFN2O2/c15-10-7-5-9(6-8-10)13(19)17-18-14(20)11-3-1-2-4-12(11)16/h1-8H,(H,17,19)(H,18,20). The molecule has 2 aromatic carbocycles. The Morgan fingerprint density at radius 1 is 0.900 bits per heavy atom. The summed E-state index contributed by atoms with van der Waals surface area (Å²) in [5, 5.41) is 0. The number of rotatable bonds is 2. The molecule has 0 saturated heterocycles. The van der Waals surface area contributed by atoms with Gasteiger partial charge in [-0.15, -0.1) is 0 Å². The highest BCUT2D eigenvalue weighted by molar-refractivity contribution is 9.10. The molecule has 0 spiro atoms. The number of hydrazine groups is 1. The van der Waals surface area contributed by atoms with Gasteiger partial charge in [0.05, 0.1) is 5.56 Å². The average molecular weight is 337 g/mol. The van der Waals surface area contributed by atoms with Crippen molar-refractivity contribution in [2.75, 3.05) is 0 Å². The van der Waals surface area contributed by atoms with Gasteiger partial charge in [-0.05, 0) is 36.4 Å². The molecule has 0 unspecified atom stereocenters. The second-order valence-corrected chi connectivity index (χ2v) is 4.81. The van der Waals surface area contributed by atoms with E-state index in [-0.39, 0.29) is 5.56 Å². The molecule has 0 saturated carbocycles. The number of hydrogen-bond acceptors (Lipinski definition) is 2. The third-order valence-electron chi connectivity index (χ3n) is 2.51. The van der Waals surface area contributed by atoms with Gasteiger partial charge in [-0.25, -0.2) is 4.39 Å². The predicted molar refractivity (Wildman–Crippen MR) is 75.5 cm³/mol. The van der Waals surface area contributed by atoms with Gasteiger partial charge >= 0.3 is 0 Å². The molecule has 102 valence electrons. The van der Waals surface area contributed by atoms with Crippen LogP contribution in [0.25, 0.3) is 0 Å². The molecule has 0 heterocycles. The number of halogens is 2. The van der Waals surface area contributed by atoms with Crippen molar-refractivity contribution in [1.82, 2.24) is 10.9 Å². The lowest BCUT2D eigenvalue weighted by Crippen LogP contribution is -2.41. The first-order chi connectivity index (χ1) is 9.58. The number of benzene rings is 2. The Morgan fingerprint density at radius 3 is 2.15 bits per heavy atom. The summed E-state index contributed by atoms with van der Waals surface area (Å²) < 4.78 is 14.2. The van der Waals surface area contributed by atoms with Crippen LogP contribution in [-0.4, -0.2) is 11.8 Å². The second kappa shape index (κ2) is 6.29. The molecular formula is C14H10BrFN2O2. The molecule has 0 fully saturated rings. The molecule has 2 aromatic rings. The first-order valence-corrected chi connectivity index (χ1v) is 6.48. The maximum absolute atomic E-state index is 13.4. The van der Waals surface area contributed by atoms with Gasteiger partial charge in [0.15, 0.2) is 0 Å². The normalized spacial score (nSPS) is 9.90. The molecule has 0 aliphatic carbocycles. The lowest BCUT2D eigenvalue weighted by molar-refractivity contribution is 0.0844. The fourth-order valence-electron chi connectivity index (χ4n) is 1.50. The Bertz CT molecular complexity index is 644. The molecule has 0 aromatic heterocycles. The molecular weight excluding hydrogens is 327 g/mol. The van der Waals surface area contributed by atoms with Crippen molar-refractivity contribution in [2.45, 2.75) is 0 Å². The third kappa shape index (κ3) is 3.42. The average Bonchev–Trinajstić information content (AvgIpc) is 2.45. The highest BCUT2D eigenvalue weighted by Gasteiger charge is 2.12. The Balaban J connectivity index is 1.99. The van der Waals surface area contributed by atoms with E-state index in [1.54, 1.807) is 24.3 Å². The van der Waals surface area contributed by atoms with Crippen LogP contribution < -0.4 is 10.9 Å². The fraction of sp³-hybridized carbons (Fsp3) is 0. The van der Waals surface area contributed by atoms with Crippen molar-refractivity contribution in [3.63, 3.8) is 0 Å². The van der Waals surface area contributed by atoms with Crippen molar-refractivity contribution in [3.8, 4) is 0 Å². The summed E-state index contributed by atoms with van der Waals surface area (Å²) in [6, 6.07) is 12.1. The monoisotopic (exact) mass is 336 g/mol. The van der Waals surface area contributed by atoms with Crippen molar-refractivity contribution in [3.05, 3.63) is 69.9 Å². The van der Waals surface area contributed by atoms with E-state index in [4.69, 9.17) is 0 Å². The maximum atomic E-state index is 13.4. The van der Waals surface area contributed by atoms with E-state index in [1.165, 1.54) is 24.3 Å². The second-order valence-electron chi connectivity index (χ2n) is 3.89. The molecule has 0 atom stereocenters. The zero-order valence-corrected chi connectivity index (χ0v) is 11.8. The van der Waals surface area contributed by atoms with Gasteiger partial charge in [0.25, 0.3) is 11.8 Å². The van der Waals surface area contributed by atoms with Gasteiger partial charge in [0, 0.05) is 10.0 Å². The van der Waals surface area contributed by atoms with Crippen LogP contribution in [0.3, 0.4) is 0 Å².